The molecule has 0 aliphatic carbocycles. The highest BCUT2D eigenvalue weighted by Crippen LogP contribution is 2.53. The third-order valence-corrected chi connectivity index (χ3v) is 7.13. The number of methoxy groups -OCH3 is 1. The minimum Gasteiger partial charge on any atom is -0.468 e. The van der Waals surface area contributed by atoms with Gasteiger partial charge in [-0.15, -0.1) is 0 Å². The molecule has 6 nitrogen and oxygen atoms in total. The van der Waals surface area contributed by atoms with Crippen LogP contribution in [0, 0.1) is 17.7 Å². The molecule has 0 saturated carbocycles. The zero-order chi connectivity index (χ0) is 24.9. The Balaban J connectivity index is 1.77. The van der Waals surface area contributed by atoms with E-state index in [-0.39, 0.29) is 5.69 Å². The number of anilines is 1. The second-order valence-corrected chi connectivity index (χ2v) is 9.34. The van der Waals surface area contributed by atoms with Crippen LogP contribution in [0.25, 0.3) is 0 Å². The highest BCUT2D eigenvalue weighted by atomic mass is 35.5. The lowest BCUT2D eigenvalue weighted by Gasteiger charge is -2.36. The van der Waals surface area contributed by atoms with Crippen LogP contribution in [0.5, 0.6) is 0 Å². The molecular formula is C26H19Cl2FN2O4. The molecule has 2 fully saturated rings. The van der Waals surface area contributed by atoms with Gasteiger partial charge in [-0.3, -0.25) is 19.7 Å². The standard InChI is InChI=1S/C26H19Cl2FN2O4/c1-35-25(34)22-20-21(24(33)31(23(20)32)19-10-8-18(29)9-11-19)26(30-22,14-4-2-6-16(27)12-14)15-5-3-7-17(28)13-15/h2-13,20-22,30H,1H3/t20-,21+,22+/m0/s1. The van der Waals surface area contributed by atoms with E-state index in [4.69, 9.17) is 27.9 Å². The summed E-state index contributed by atoms with van der Waals surface area (Å²) in [6.07, 6.45) is 0. The van der Waals surface area contributed by atoms with Gasteiger partial charge >= 0.3 is 5.97 Å². The normalized spacial score (nSPS) is 22.9. The first-order chi connectivity index (χ1) is 16.8. The molecule has 3 aromatic carbocycles. The van der Waals surface area contributed by atoms with Crippen molar-refractivity contribution in [2.75, 3.05) is 12.0 Å². The molecule has 2 saturated heterocycles. The van der Waals surface area contributed by atoms with Gasteiger partial charge < -0.3 is 4.74 Å². The van der Waals surface area contributed by atoms with Gasteiger partial charge in [-0.05, 0) is 59.7 Å². The number of esters is 1. The maximum atomic E-state index is 14.0. The maximum Gasteiger partial charge on any atom is 0.323 e. The third kappa shape index (κ3) is 3.62. The lowest BCUT2D eigenvalue weighted by Crippen LogP contribution is -2.52. The minimum atomic E-state index is -1.33. The number of imide groups is 1. The summed E-state index contributed by atoms with van der Waals surface area (Å²) < 4.78 is 18.6. The first-order valence-corrected chi connectivity index (χ1v) is 11.5. The van der Waals surface area contributed by atoms with Crippen LogP contribution in [0.15, 0.2) is 72.8 Å². The molecule has 2 heterocycles. The van der Waals surface area contributed by atoms with Crippen molar-refractivity contribution in [2.45, 2.75) is 11.6 Å². The molecule has 0 spiro atoms. The number of amides is 2. The number of hydrogen-bond donors (Lipinski definition) is 1. The number of carbonyl (C=O) groups is 3. The lowest BCUT2D eigenvalue weighted by molar-refractivity contribution is -0.145. The molecule has 2 aliphatic rings. The van der Waals surface area contributed by atoms with Gasteiger partial charge in [0, 0.05) is 10.0 Å². The smallest absolute Gasteiger partial charge is 0.323 e. The van der Waals surface area contributed by atoms with Gasteiger partial charge in [-0.25, -0.2) is 9.29 Å². The summed E-state index contributed by atoms with van der Waals surface area (Å²) in [5.41, 5.74) is 0.0398. The molecule has 35 heavy (non-hydrogen) atoms. The van der Waals surface area contributed by atoms with Crippen LogP contribution < -0.4 is 10.2 Å². The summed E-state index contributed by atoms with van der Waals surface area (Å²) in [5.74, 6) is -4.44. The molecule has 178 valence electrons. The van der Waals surface area contributed by atoms with E-state index >= 15 is 0 Å². The van der Waals surface area contributed by atoms with E-state index in [2.05, 4.69) is 5.32 Å². The summed E-state index contributed by atoms with van der Waals surface area (Å²) in [7, 11) is 1.22. The fraction of sp³-hybridized carbons (Fsp3) is 0.192. The van der Waals surface area contributed by atoms with E-state index in [1.165, 1.54) is 31.4 Å². The van der Waals surface area contributed by atoms with E-state index in [9.17, 15) is 18.8 Å². The number of ether oxygens (including phenoxy) is 1. The van der Waals surface area contributed by atoms with Crippen molar-refractivity contribution >= 4 is 46.7 Å². The lowest BCUT2D eigenvalue weighted by atomic mass is 9.71. The van der Waals surface area contributed by atoms with E-state index in [1.54, 1.807) is 48.5 Å². The molecule has 2 aliphatic heterocycles. The van der Waals surface area contributed by atoms with Gasteiger partial charge in [-0.2, -0.15) is 0 Å². The van der Waals surface area contributed by atoms with Crippen molar-refractivity contribution in [1.82, 2.24) is 5.32 Å². The Kier molecular flexibility index (Phi) is 5.87. The molecule has 0 bridgehead atoms. The fourth-order valence-electron chi connectivity index (χ4n) is 5.24. The number of fused-ring (bicyclic) bond motifs is 1. The molecule has 3 atom stereocenters. The molecule has 3 aromatic rings. The average Bonchev–Trinajstić information content (AvgIpc) is 3.34. The van der Waals surface area contributed by atoms with Gasteiger partial charge in [0.2, 0.25) is 11.8 Å². The van der Waals surface area contributed by atoms with E-state index in [0.29, 0.717) is 21.2 Å². The van der Waals surface area contributed by atoms with Crippen LogP contribution >= 0.6 is 23.2 Å². The van der Waals surface area contributed by atoms with Crippen molar-refractivity contribution in [3.8, 4) is 0 Å². The summed E-state index contributed by atoms with van der Waals surface area (Å²) in [6, 6.07) is 17.7. The predicted molar refractivity (Wildman–Crippen MR) is 128 cm³/mol. The van der Waals surface area contributed by atoms with Crippen LogP contribution in [0.2, 0.25) is 10.0 Å². The number of rotatable bonds is 4. The highest BCUT2D eigenvalue weighted by Gasteiger charge is 2.68. The van der Waals surface area contributed by atoms with Crippen LogP contribution in [-0.2, 0) is 24.7 Å². The van der Waals surface area contributed by atoms with Crippen molar-refractivity contribution in [3.05, 3.63) is 99.8 Å². The Morgan fingerprint density at radius 1 is 0.943 bits per heavy atom. The minimum absolute atomic E-state index is 0.213. The Labute approximate surface area is 210 Å². The van der Waals surface area contributed by atoms with Gasteiger partial charge in [0.25, 0.3) is 0 Å². The van der Waals surface area contributed by atoms with E-state index in [1.807, 2.05) is 0 Å². The zero-order valence-corrected chi connectivity index (χ0v) is 19.9. The molecule has 0 radical (unpaired) electrons. The quantitative estimate of drug-likeness (QED) is 0.416. The first-order valence-electron chi connectivity index (χ1n) is 10.8. The highest BCUT2D eigenvalue weighted by molar-refractivity contribution is 6.31. The second kappa shape index (κ2) is 8.75. The number of nitrogens with zero attached hydrogens (tertiary/aromatic N) is 1. The molecular weight excluding hydrogens is 494 g/mol. The van der Waals surface area contributed by atoms with Gasteiger partial charge in [-0.1, -0.05) is 47.5 Å². The summed E-state index contributed by atoms with van der Waals surface area (Å²) >= 11 is 12.7. The molecule has 2 amide bonds. The molecule has 9 heteroatoms. The number of nitrogens with one attached hydrogen (secondary N) is 1. The Bertz CT molecular complexity index is 1300. The topological polar surface area (TPSA) is 75.7 Å². The fourth-order valence-corrected chi connectivity index (χ4v) is 5.63. The summed E-state index contributed by atoms with van der Waals surface area (Å²) in [5, 5.41) is 4.09. The third-order valence-electron chi connectivity index (χ3n) is 6.66. The Morgan fingerprint density at radius 2 is 1.51 bits per heavy atom. The van der Waals surface area contributed by atoms with Gasteiger partial charge in [0.05, 0.1) is 30.2 Å². The van der Waals surface area contributed by atoms with Crippen LogP contribution in [0.4, 0.5) is 10.1 Å². The molecule has 0 unspecified atom stereocenters. The van der Waals surface area contributed by atoms with Crippen molar-refractivity contribution in [3.63, 3.8) is 0 Å². The number of benzene rings is 3. The number of carbonyl (C=O) groups excluding carboxylic acids is 3. The average molecular weight is 513 g/mol. The molecule has 0 aromatic heterocycles. The second-order valence-electron chi connectivity index (χ2n) is 8.47. The first kappa shape index (κ1) is 23.5. The van der Waals surface area contributed by atoms with Gasteiger partial charge in [0.1, 0.15) is 11.9 Å². The molecule has 1 N–H and O–H groups in total. The Morgan fingerprint density at radius 3 is 2.03 bits per heavy atom. The maximum absolute atomic E-state index is 14.0. The molecule has 5 rings (SSSR count). The monoisotopic (exact) mass is 512 g/mol. The number of halogens is 3. The van der Waals surface area contributed by atoms with Crippen molar-refractivity contribution in [2.24, 2.45) is 11.8 Å². The zero-order valence-electron chi connectivity index (χ0n) is 18.4. The number of hydrogen-bond acceptors (Lipinski definition) is 5. The van der Waals surface area contributed by atoms with Crippen LogP contribution in [0.1, 0.15) is 11.1 Å². The Hall–Kier alpha value is -3.26. The van der Waals surface area contributed by atoms with Crippen molar-refractivity contribution < 1.29 is 23.5 Å². The van der Waals surface area contributed by atoms with Crippen LogP contribution in [0.3, 0.4) is 0 Å². The SMILES string of the molecule is COC(=O)[C@@H]1NC(c2cccc(Cl)c2)(c2cccc(Cl)c2)[C@H]2C(=O)N(c3ccc(F)cc3)C(=O)[C@H]12. The van der Waals surface area contributed by atoms with Gasteiger partial charge in [0.15, 0.2) is 0 Å². The van der Waals surface area contributed by atoms with Crippen molar-refractivity contribution in [1.29, 1.82) is 0 Å². The summed E-state index contributed by atoms with van der Waals surface area (Å²) in [6.45, 7) is 0. The van der Waals surface area contributed by atoms with E-state index in [0.717, 1.165) is 4.90 Å². The van der Waals surface area contributed by atoms with Crippen LogP contribution in [-0.4, -0.2) is 30.9 Å². The summed E-state index contributed by atoms with van der Waals surface area (Å²) in [4.78, 5) is 41.7. The van der Waals surface area contributed by atoms with E-state index < -0.39 is 47.0 Å². The largest absolute Gasteiger partial charge is 0.468 e. The predicted octanol–water partition coefficient (Wildman–Crippen LogP) is 4.33.